The first-order valence-electron chi connectivity index (χ1n) is 10.4. The minimum atomic E-state index is -3.59. The third-order valence-electron chi connectivity index (χ3n) is 5.94. The van der Waals surface area contributed by atoms with Crippen molar-refractivity contribution in [2.24, 2.45) is 13.0 Å². The molecule has 4 rings (SSSR count). The average Bonchev–Trinajstić information content (AvgIpc) is 3.45. The van der Waals surface area contributed by atoms with Gasteiger partial charge in [0.15, 0.2) is 5.03 Å². The molecular weight excluding hydrogens is 390 g/mol. The van der Waals surface area contributed by atoms with Gasteiger partial charge in [-0.3, -0.25) is 9.36 Å². The topological polar surface area (TPSA) is 90.1 Å². The molecule has 1 saturated heterocycles. The maximum absolute atomic E-state index is 13.0. The fourth-order valence-electron chi connectivity index (χ4n) is 4.04. The Morgan fingerprint density at radius 1 is 1.17 bits per heavy atom. The Bertz CT molecular complexity index is 1040. The van der Waals surface area contributed by atoms with E-state index in [-0.39, 0.29) is 22.4 Å². The Hall–Kier alpha value is -2.00. The van der Waals surface area contributed by atoms with Crippen LogP contribution in [0.2, 0.25) is 0 Å². The van der Waals surface area contributed by atoms with E-state index >= 15 is 0 Å². The van der Waals surface area contributed by atoms with Crippen LogP contribution in [0.3, 0.4) is 0 Å². The summed E-state index contributed by atoms with van der Waals surface area (Å²) in [5, 5.41) is 0.123. The lowest BCUT2D eigenvalue weighted by molar-refractivity contribution is 0.250. The highest BCUT2D eigenvalue weighted by molar-refractivity contribution is 7.89. The Balaban J connectivity index is 1.40. The van der Waals surface area contributed by atoms with Crippen molar-refractivity contribution < 1.29 is 8.42 Å². The second-order valence-corrected chi connectivity index (χ2v) is 10.5. The smallest absolute Gasteiger partial charge is 0.262 e. The number of hydrogen-bond donors (Lipinski definition) is 0. The minimum Gasteiger partial charge on any atom is -0.336 e. The Morgan fingerprint density at radius 2 is 1.86 bits per heavy atom. The summed E-state index contributed by atoms with van der Waals surface area (Å²) in [6.45, 7) is 5.48. The molecule has 0 atom stereocenters. The molecule has 158 valence electrons. The molecule has 2 aromatic heterocycles. The number of piperidine rings is 1. The fourth-order valence-corrected chi connectivity index (χ4v) is 5.49. The van der Waals surface area contributed by atoms with Crippen LogP contribution in [0.25, 0.3) is 0 Å². The quantitative estimate of drug-likeness (QED) is 0.715. The van der Waals surface area contributed by atoms with Gasteiger partial charge in [-0.2, -0.15) is 4.31 Å². The van der Waals surface area contributed by atoms with Gasteiger partial charge >= 0.3 is 0 Å². The van der Waals surface area contributed by atoms with Crippen LogP contribution >= 0.6 is 0 Å². The lowest BCUT2D eigenvalue weighted by Crippen LogP contribution is -2.40. The summed E-state index contributed by atoms with van der Waals surface area (Å²) in [6, 6.07) is 1.66. The number of nitrogens with zero attached hydrogens (tertiary/aromatic N) is 5. The maximum atomic E-state index is 13.0. The molecule has 0 radical (unpaired) electrons. The zero-order valence-corrected chi connectivity index (χ0v) is 18.1. The molecule has 2 aliphatic rings. The van der Waals surface area contributed by atoms with Crippen molar-refractivity contribution in [3.05, 3.63) is 40.5 Å². The standard InChI is InChI=1S/C20H29N5O3S/c1-14(2)20-22-18(12-23(20)3)29(27,28)25-8-6-15(7-9-25)11-24-13-21-17(10-19(24)26)16-4-5-16/h10,12-16H,4-9,11H2,1-3H3. The van der Waals surface area contributed by atoms with E-state index in [0.717, 1.165) is 37.2 Å². The summed E-state index contributed by atoms with van der Waals surface area (Å²) < 4.78 is 30.9. The van der Waals surface area contributed by atoms with E-state index in [2.05, 4.69) is 9.97 Å². The van der Waals surface area contributed by atoms with Crippen molar-refractivity contribution in [2.75, 3.05) is 13.1 Å². The first kappa shape index (κ1) is 20.3. The Morgan fingerprint density at radius 3 is 2.41 bits per heavy atom. The molecule has 0 amide bonds. The lowest BCUT2D eigenvalue weighted by Gasteiger charge is -2.30. The van der Waals surface area contributed by atoms with Crippen LogP contribution < -0.4 is 5.56 Å². The normalized spacial score (nSPS) is 19.2. The molecule has 29 heavy (non-hydrogen) atoms. The van der Waals surface area contributed by atoms with Gasteiger partial charge in [0.05, 0.1) is 12.0 Å². The van der Waals surface area contributed by atoms with E-state index in [0.29, 0.717) is 25.6 Å². The summed E-state index contributed by atoms with van der Waals surface area (Å²) in [5.41, 5.74) is 0.898. The van der Waals surface area contributed by atoms with E-state index in [1.807, 2.05) is 20.9 Å². The van der Waals surface area contributed by atoms with Crippen LogP contribution in [-0.2, 0) is 23.6 Å². The van der Waals surface area contributed by atoms with Crippen molar-refractivity contribution in [2.45, 2.75) is 62.9 Å². The molecule has 2 aromatic rings. The number of hydrogen-bond acceptors (Lipinski definition) is 5. The number of aryl methyl sites for hydroxylation is 1. The third-order valence-corrected chi connectivity index (χ3v) is 7.71. The molecule has 0 unspecified atom stereocenters. The van der Waals surface area contributed by atoms with E-state index < -0.39 is 10.0 Å². The van der Waals surface area contributed by atoms with E-state index in [4.69, 9.17) is 0 Å². The van der Waals surface area contributed by atoms with Crippen molar-refractivity contribution in [3.8, 4) is 0 Å². The van der Waals surface area contributed by atoms with Crippen LogP contribution in [0.15, 0.2) is 28.4 Å². The predicted molar refractivity (Wildman–Crippen MR) is 109 cm³/mol. The van der Waals surface area contributed by atoms with E-state index in [1.54, 1.807) is 27.7 Å². The summed E-state index contributed by atoms with van der Waals surface area (Å²) in [6.07, 6.45) is 6.94. The number of sulfonamides is 1. The molecular formula is C20H29N5O3S. The van der Waals surface area contributed by atoms with Crippen molar-refractivity contribution in [1.29, 1.82) is 0 Å². The van der Waals surface area contributed by atoms with Crippen molar-refractivity contribution >= 4 is 10.0 Å². The molecule has 2 fully saturated rings. The monoisotopic (exact) mass is 419 g/mol. The molecule has 1 aliphatic heterocycles. The average molecular weight is 420 g/mol. The molecule has 0 spiro atoms. The largest absolute Gasteiger partial charge is 0.336 e. The third kappa shape index (κ3) is 4.16. The van der Waals surface area contributed by atoms with Crippen LogP contribution in [0.5, 0.6) is 0 Å². The van der Waals surface area contributed by atoms with Gasteiger partial charge in [0.2, 0.25) is 0 Å². The van der Waals surface area contributed by atoms with Gasteiger partial charge in [-0.15, -0.1) is 0 Å². The molecule has 1 aliphatic carbocycles. The van der Waals surface area contributed by atoms with E-state index in [9.17, 15) is 13.2 Å². The van der Waals surface area contributed by atoms with Gasteiger partial charge in [0.25, 0.3) is 15.6 Å². The van der Waals surface area contributed by atoms with Crippen molar-refractivity contribution in [3.63, 3.8) is 0 Å². The first-order valence-corrected chi connectivity index (χ1v) is 11.8. The SMILES string of the molecule is CC(C)c1nc(S(=O)(=O)N2CCC(Cn3cnc(C4CC4)cc3=O)CC2)cn1C. The Labute approximate surface area is 171 Å². The molecule has 8 nitrogen and oxygen atoms in total. The molecule has 0 N–H and O–H groups in total. The predicted octanol–water partition coefficient (Wildman–Crippen LogP) is 2.08. The van der Waals surface area contributed by atoms with Gasteiger partial charge < -0.3 is 4.57 Å². The molecule has 0 aromatic carbocycles. The van der Waals surface area contributed by atoms with E-state index in [1.165, 1.54) is 4.31 Å². The van der Waals surface area contributed by atoms with Crippen LogP contribution in [0, 0.1) is 5.92 Å². The zero-order valence-electron chi connectivity index (χ0n) is 17.3. The Kier molecular flexibility index (Phi) is 5.37. The molecule has 9 heteroatoms. The summed E-state index contributed by atoms with van der Waals surface area (Å²) in [4.78, 5) is 21.1. The highest BCUT2D eigenvalue weighted by atomic mass is 32.2. The number of aromatic nitrogens is 4. The highest BCUT2D eigenvalue weighted by Gasteiger charge is 2.32. The summed E-state index contributed by atoms with van der Waals surface area (Å²) in [7, 11) is -1.76. The van der Waals surface area contributed by atoms with Crippen LogP contribution in [0.1, 0.15) is 62.9 Å². The summed E-state index contributed by atoms with van der Waals surface area (Å²) in [5.74, 6) is 1.66. The summed E-state index contributed by atoms with van der Waals surface area (Å²) >= 11 is 0. The first-order chi connectivity index (χ1) is 13.8. The van der Waals surface area contributed by atoms with Crippen LogP contribution in [-0.4, -0.2) is 44.9 Å². The van der Waals surface area contributed by atoms with Gasteiger partial charge in [-0.05, 0) is 31.6 Å². The second kappa shape index (κ2) is 7.68. The minimum absolute atomic E-state index is 0.00773. The lowest BCUT2D eigenvalue weighted by atomic mass is 9.98. The number of rotatable bonds is 6. The van der Waals surface area contributed by atoms with Crippen LogP contribution in [0.4, 0.5) is 0 Å². The highest BCUT2D eigenvalue weighted by Crippen LogP contribution is 2.38. The second-order valence-electron chi connectivity index (χ2n) is 8.63. The zero-order chi connectivity index (χ0) is 20.8. The van der Waals surface area contributed by atoms with Gasteiger partial charge in [-0.25, -0.2) is 18.4 Å². The van der Waals surface area contributed by atoms with Gasteiger partial charge in [0.1, 0.15) is 5.82 Å². The maximum Gasteiger partial charge on any atom is 0.262 e. The fraction of sp³-hybridized carbons (Fsp3) is 0.650. The van der Waals surface area contributed by atoms with Gasteiger partial charge in [-0.1, -0.05) is 13.8 Å². The van der Waals surface area contributed by atoms with Gasteiger partial charge in [0, 0.05) is 50.8 Å². The van der Waals surface area contributed by atoms with Crippen molar-refractivity contribution in [1.82, 2.24) is 23.4 Å². The molecule has 1 saturated carbocycles. The molecule has 0 bridgehead atoms. The number of imidazole rings is 1. The molecule has 3 heterocycles.